The van der Waals surface area contributed by atoms with Crippen molar-refractivity contribution in [1.29, 1.82) is 0 Å². The van der Waals surface area contributed by atoms with Crippen molar-refractivity contribution in [2.45, 2.75) is 69.9 Å². The molecule has 5 atom stereocenters. The molecule has 3 aromatic rings. The summed E-state index contributed by atoms with van der Waals surface area (Å²) in [4.78, 5) is 64.4. The van der Waals surface area contributed by atoms with E-state index in [2.05, 4.69) is 15.0 Å². The Kier molecular flexibility index (Phi) is 12.3. The number of carbonyl (C=O) groups is 4. The predicted molar refractivity (Wildman–Crippen MR) is 180 cm³/mol. The third-order valence-corrected chi connectivity index (χ3v) is 9.22. The highest BCUT2D eigenvalue weighted by Crippen LogP contribution is 2.35. The van der Waals surface area contributed by atoms with Crippen LogP contribution in [0.3, 0.4) is 0 Å². The summed E-state index contributed by atoms with van der Waals surface area (Å²) in [5.74, 6) is -1.35. The fraction of sp³-hybridized carbons (Fsp3) is 0.424. The summed E-state index contributed by atoms with van der Waals surface area (Å²) < 4.78 is 113. The molecule has 3 aliphatic heterocycles. The zero-order valence-electron chi connectivity index (χ0n) is 30.5. The van der Waals surface area contributed by atoms with Crippen molar-refractivity contribution in [3.05, 3.63) is 71.7 Å². The number of carbonyl (C=O) groups excluding carboxylic acids is 4. The number of nitrogens with zero attached hydrogens (tertiary/aromatic N) is 9. The molecule has 3 aromatic heterocycles. The molecule has 3 aliphatic rings. The highest BCUT2D eigenvalue weighted by molar-refractivity contribution is 6.20. The van der Waals surface area contributed by atoms with E-state index in [1.165, 1.54) is 37.9 Å². The number of alkyl halides is 9. The number of amides is 7. The molecule has 0 saturated carbocycles. The van der Waals surface area contributed by atoms with E-state index >= 15 is 0 Å². The molecule has 3 saturated heterocycles. The van der Waals surface area contributed by atoms with Gasteiger partial charge in [0.15, 0.2) is 12.5 Å². The first-order valence-electron chi connectivity index (χ1n) is 16.4. The number of aliphatic hydroxyl groups excluding tert-OH is 2. The number of halogens is 9. The van der Waals surface area contributed by atoms with Gasteiger partial charge in [0.05, 0.1) is 28.8 Å². The van der Waals surface area contributed by atoms with Gasteiger partial charge in [-0.1, -0.05) is 0 Å². The van der Waals surface area contributed by atoms with Gasteiger partial charge in [0.2, 0.25) is 0 Å². The number of likely N-dealkylation sites (N-methyl/N-ethyl adjacent to an activating group) is 3. The minimum absolute atomic E-state index is 0.219. The minimum atomic E-state index is -4.55. The zero-order chi connectivity index (χ0) is 43.1. The third-order valence-electron chi connectivity index (χ3n) is 9.22. The van der Waals surface area contributed by atoms with Crippen molar-refractivity contribution in [3.8, 4) is 0 Å². The van der Waals surface area contributed by atoms with Crippen molar-refractivity contribution in [3.63, 3.8) is 0 Å². The molecule has 57 heavy (non-hydrogen) atoms. The van der Waals surface area contributed by atoms with Crippen LogP contribution in [0.2, 0.25) is 0 Å². The number of anilines is 3. The van der Waals surface area contributed by atoms with Crippen LogP contribution in [0.4, 0.5) is 71.4 Å². The molecule has 6 heterocycles. The number of pyridine rings is 3. The van der Waals surface area contributed by atoms with Gasteiger partial charge in [-0.15, -0.1) is 0 Å². The molecular weight excluding hydrogens is 789 g/mol. The second-order valence-electron chi connectivity index (χ2n) is 12.8. The SMILES string of the molecule is C[C@H]1C(=O)N(c2cc(C(F)(F)F)ccn2)C(=O)N1C.C[C@H]1[C@@H](O)N(c2cc(C(F)(F)F)ccn2)C(=O)N1C.C[C@H]1[C@H](O)N(c2cc(C(F)(F)F)ccn2)C(=O)N1C. The minimum Gasteiger partial charge on any atom is -0.371 e. The van der Waals surface area contributed by atoms with Gasteiger partial charge in [0, 0.05) is 39.7 Å². The second kappa shape index (κ2) is 16.0. The fourth-order valence-corrected chi connectivity index (χ4v) is 5.36. The van der Waals surface area contributed by atoms with E-state index in [-0.39, 0.29) is 17.5 Å². The van der Waals surface area contributed by atoms with E-state index in [4.69, 9.17) is 0 Å². The lowest BCUT2D eigenvalue weighted by Crippen LogP contribution is -2.36. The number of aliphatic hydroxyl groups is 2. The summed E-state index contributed by atoms with van der Waals surface area (Å²) in [6.45, 7) is 4.68. The molecule has 0 bridgehead atoms. The molecule has 6 rings (SSSR count). The van der Waals surface area contributed by atoms with Gasteiger partial charge in [-0.25, -0.2) is 44.0 Å². The van der Waals surface area contributed by atoms with Crippen LogP contribution < -0.4 is 14.7 Å². The fourth-order valence-electron chi connectivity index (χ4n) is 5.36. The Morgan fingerprint density at radius 3 is 1.11 bits per heavy atom. The van der Waals surface area contributed by atoms with Crippen LogP contribution in [0, 0.1) is 0 Å². The van der Waals surface area contributed by atoms with Crippen molar-refractivity contribution in [2.75, 3.05) is 35.8 Å². The lowest BCUT2D eigenvalue weighted by Gasteiger charge is -2.19. The first-order valence-corrected chi connectivity index (χ1v) is 16.4. The van der Waals surface area contributed by atoms with E-state index in [1.807, 2.05) is 0 Å². The number of aromatic nitrogens is 3. The summed E-state index contributed by atoms with van der Waals surface area (Å²) >= 11 is 0. The van der Waals surface area contributed by atoms with E-state index in [0.29, 0.717) is 11.0 Å². The second-order valence-corrected chi connectivity index (χ2v) is 12.8. The van der Waals surface area contributed by atoms with Gasteiger partial charge in [-0.05, 0) is 57.2 Å². The average Bonchev–Trinajstić information content (AvgIpc) is 3.56. The van der Waals surface area contributed by atoms with Crippen LogP contribution >= 0.6 is 0 Å². The molecule has 0 aliphatic carbocycles. The average molecular weight is 824 g/mol. The molecule has 2 N–H and O–H groups in total. The normalized spacial score (nSPS) is 22.9. The monoisotopic (exact) mass is 823 g/mol. The van der Waals surface area contributed by atoms with Crippen LogP contribution in [0.1, 0.15) is 37.5 Å². The van der Waals surface area contributed by atoms with Gasteiger partial charge in [0.1, 0.15) is 23.5 Å². The number of hydrogen-bond acceptors (Lipinski definition) is 9. The van der Waals surface area contributed by atoms with Crippen LogP contribution in [0.15, 0.2) is 55.0 Å². The maximum Gasteiger partial charge on any atom is 0.416 e. The summed E-state index contributed by atoms with van der Waals surface area (Å²) in [5.41, 5.74) is -2.79. The van der Waals surface area contributed by atoms with Crippen LogP contribution in [-0.2, 0) is 23.3 Å². The molecular formula is C33H34F9N9O6. The Bertz CT molecular complexity index is 1890. The third kappa shape index (κ3) is 8.95. The number of hydrogen-bond donors (Lipinski definition) is 2. The molecule has 0 aromatic carbocycles. The molecule has 0 unspecified atom stereocenters. The molecule has 24 heteroatoms. The predicted octanol–water partition coefficient (Wildman–Crippen LogP) is 5.25. The Morgan fingerprint density at radius 1 is 0.526 bits per heavy atom. The van der Waals surface area contributed by atoms with E-state index in [0.717, 1.165) is 63.6 Å². The van der Waals surface area contributed by atoms with E-state index in [9.17, 15) is 68.9 Å². The maximum absolute atomic E-state index is 12.6. The smallest absolute Gasteiger partial charge is 0.371 e. The number of imide groups is 1. The number of urea groups is 3. The Labute approximate surface area is 317 Å². The van der Waals surface area contributed by atoms with Gasteiger partial charge >= 0.3 is 36.6 Å². The molecule has 15 nitrogen and oxygen atoms in total. The van der Waals surface area contributed by atoms with Crippen molar-refractivity contribution in [2.24, 2.45) is 0 Å². The van der Waals surface area contributed by atoms with Crippen LogP contribution in [-0.4, -0.2) is 116 Å². The van der Waals surface area contributed by atoms with Crippen molar-refractivity contribution >= 4 is 41.5 Å². The van der Waals surface area contributed by atoms with Crippen molar-refractivity contribution in [1.82, 2.24) is 29.7 Å². The topological polar surface area (TPSA) is 167 Å². The summed E-state index contributed by atoms with van der Waals surface area (Å²) in [5, 5.41) is 19.8. The summed E-state index contributed by atoms with van der Waals surface area (Å²) in [7, 11) is 4.33. The van der Waals surface area contributed by atoms with Gasteiger partial charge < -0.3 is 24.9 Å². The zero-order valence-corrected chi connectivity index (χ0v) is 30.5. The first-order chi connectivity index (χ1) is 26.2. The Morgan fingerprint density at radius 2 is 0.842 bits per heavy atom. The summed E-state index contributed by atoms with van der Waals surface area (Å²) in [6.07, 6.45) is -13.2. The van der Waals surface area contributed by atoms with E-state index < -0.39 is 89.8 Å². The van der Waals surface area contributed by atoms with Gasteiger partial charge in [0.25, 0.3) is 5.91 Å². The lowest BCUT2D eigenvalue weighted by atomic mass is 10.2. The standard InChI is InChI=1S/2C11H12F3N3O2.C11H10F3N3O2/c3*1-6-9(18)17(10(19)16(6)2)8-5-7(3-4-15-8)11(12,13)14/h2*3-6,9,18H,1-2H3;3-6H,1-2H3/t6-,9+;6-,9-;6-/m000/s1. The Balaban J connectivity index is 0.000000189. The summed E-state index contributed by atoms with van der Waals surface area (Å²) in [6, 6.07) is 0.927. The molecule has 310 valence electrons. The highest BCUT2D eigenvalue weighted by atomic mass is 19.4. The quantitative estimate of drug-likeness (QED) is 0.265. The Hall–Kier alpha value is -5.78. The van der Waals surface area contributed by atoms with Crippen LogP contribution in [0.25, 0.3) is 0 Å². The largest absolute Gasteiger partial charge is 0.416 e. The molecule has 7 amide bonds. The van der Waals surface area contributed by atoms with Gasteiger partial charge in [-0.3, -0.25) is 4.79 Å². The van der Waals surface area contributed by atoms with Crippen LogP contribution in [0.5, 0.6) is 0 Å². The molecule has 0 spiro atoms. The molecule has 0 radical (unpaired) electrons. The van der Waals surface area contributed by atoms with E-state index in [1.54, 1.807) is 13.8 Å². The first kappa shape index (κ1) is 43.9. The number of rotatable bonds is 3. The van der Waals surface area contributed by atoms with Gasteiger partial charge in [-0.2, -0.15) is 39.5 Å². The molecule has 3 fully saturated rings. The van der Waals surface area contributed by atoms with Crippen molar-refractivity contribution < 1.29 is 68.9 Å². The highest BCUT2D eigenvalue weighted by Gasteiger charge is 2.45. The lowest BCUT2D eigenvalue weighted by molar-refractivity contribution is -0.138. The maximum atomic E-state index is 12.6.